The fourth-order valence-electron chi connectivity index (χ4n) is 1.10. The van der Waals surface area contributed by atoms with E-state index in [0.29, 0.717) is 5.56 Å². The second-order valence-electron chi connectivity index (χ2n) is 3.02. The topological polar surface area (TPSA) is 74.4 Å². The van der Waals surface area contributed by atoms with E-state index < -0.39 is 23.8 Å². The summed E-state index contributed by atoms with van der Waals surface area (Å²) in [6, 6.07) is 0. The Balaban J connectivity index is 3.35. The Morgan fingerprint density at radius 1 is 1.56 bits per heavy atom. The van der Waals surface area contributed by atoms with Gasteiger partial charge in [-0.15, -0.1) is 13.2 Å². The van der Waals surface area contributed by atoms with Gasteiger partial charge in [0.1, 0.15) is 0 Å². The highest BCUT2D eigenvalue weighted by molar-refractivity contribution is 14.1. The molecular weight excluding hydrogens is 368 g/mol. The van der Waals surface area contributed by atoms with Crippen LogP contribution in [0.3, 0.4) is 0 Å². The third-order valence-electron chi connectivity index (χ3n) is 1.86. The van der Waals surface area contributed by atoms with Crippen LogP contribution in [-0.4, -0.2) is 24.4 Å². The molecule has 2 N–H and O–H groups in total. The lowest BCUT2D eigenvalue weighted by Gasteiger charge is -2.14. The van der Waals surface area contributed by atoms with Gasteiger partial charge in [-0.3, -0.25) is 0 Å². The van der Waals surface area contributed by atoms with Crippen molar-refractivity contribution in [1.29, 1.82) is 0 Å². The number of nitrogens with two attached hydrogens (primary N) is 1. The minimum atomic E-state index is -4.93. The number of carbonyl (C=O) groups is 1. The van der Waals surface area contributed by atoms with Crippen LogP contribution < -0.4 is 10.5 Å². The van der Waals surface area contributed by atoms with Gasteiger partial charge in [0.05, 0.1) is 10.7 Å². The van der Waals surface area contributed by atoms with Gasteiger partial charge < -0.3 is 15.2 Å². The van der Waals surface area contributed by atoms with Crippen LogP contribution in [0.25, 0.3) is 0 Å². The van der Waals surface area contributed by atoms with E-state index in [4.69, 9.17) is 5.73 Å². The second-order valence-corrected chi connectivity index (χ2v) is 4.10. The summed E-state index contributed by atoms with van der Waals surface area (Å²) in [6.45, 7) is -0.0268. The molecule has 0 saturated heterocycles. The first-order chi connectivity index (χ1) is 8.30. The van der Waals surface area contributed by atoms with E-state index in [9.17, 15) is 18.0 Å². The van der Waals surface area contributed by atoms with E-state index in [1.165, 1.54) is 6.20 Å². The normalized spacial score (nSPS) is 11.2. The van der Waals surface area contributed by atoms with Crippen molar-refractivity contribution in [1.82, 2.24) is 4.98 Å². The number of alkyl halides is 3. The molecule has 18 heavy (non-hydrogen) atoms. The number of pyridine rings is 1. The number of aromatic nitrogens is 1. The Labute approximate surface area is 114 Å². The number of hydrogen-bond acceptors (Lipinski definition) is 5. The Bertz CT molecular complexity index is 465. The fourth-order valence-corrected chi connectivity index (χ4v) is 1.83. The summed E-state index contributed by atoms with van der Waals surface area (Å²) < 4.78 is 45.0. The van der Waals surface area contributed by atoms with Crippen molar-refractivity contribution in [2.75, 3.05) is 7.11 Å². The van der Waals surface area contributed by atoms with Gasteiger partial charge in [-0.25, -0.2) is 9.78 Å². The summed E-state index contributed by atoms with van der Waals surface area (Å²) in [5, 5.41) is 0. The standard InChI is InChI=1S/C9H8F3IN2O3/c1-17-8(16)6-7(18-9(10,11)12)5(13)4(2-14)3-15-6/h3H,2,14H2,1H3. The van der Waals surface area contributed by atoms with Crippen molar-refractivity contribution in [2.24, 2.45) is 5.73 Å². The lowest BCUT2D eigenvalue weighted by molar-refractivity contribution is -0.275. The van der Waals surface area contributed by atoms with Crippen molar-refractivity contribution in [3.63, 3.8) is 0 Å². The van der Waals surface area contributed by atoms with Crippen LogP contribution in [0.5, 0.6) is 5.75 Å². The summed E-state index contributed by atoms with van der Waals surface area (Å²) >= 11 is 1.60. The van der Waals surface area contributed by atoms with Gasteiger partial charge in [0, 0.05) is 18.3 Å². The molecule has 1 aromatic rings. The molecule has 0 spiro atoms. The Morgan fingerprint density at radius 2 is 2.17 bits per heavy atom. The number of carbonyl (C=O) groups excluding carboxylic acids is 1. The molecule has 5 nitrogen and oxygen atoms in total. The zero-order chi connectivity index (χ0) is 13.9. The molecule has 0 atom stereocenters. The highest BCUT2D eigenvalue weighted by atomic mass is 127. The van der Waals surface area contributed by atoms with Gasteiger partial charge in [-0.05, 0) is 22.6 Å². The van der Waals surface area contributed by atoms with Crippen molar-refractivity contribution in [2.45, 2.75) is 12.9 Å². The van der Waals surface area contributed by atoms with Crippen LogP contribution in [0.1, 0.15) is 16.1 Å². The Morgan fingerprint density at radius 3 is 2.61 bits per heavy atom. The minimum Gasteiger partial charge on any atom is -0.464 e. The molecule has 0 aromatic carbocycles. The first kappa shape index (κ1) is 15.0. The molecule has 0 aliphatic carbocycles. The van der Waals surface area contributed by atoms with E-state index in [-0.39, 0.29) is 10.1 Å². The quantitative estimate of drug-likeness (QED) is 0.644. The van der Waals surface area contributed by atoms with Crippen molar-refractivity contribution < 1.29 is 27.4 Å². The molecule has 0 radical (unpaired) electrons. The molecule has 1 rings (SSSR count). The first-order valence-electron chi connectivity index (χ1n) is 4.51. The van der Waals surface area contributed by atoms with E-state index >= 15 is 0 Å². The summed E-state index contributed by atoms with van der Waals surface area (Å²) in [4.78, 5) is 14.9. The lowest BCUT2D eigenvalue weighted by atomic mass is 10.2. The number of methoxy groups -OCH3 is 1. The van der Waals surface area contributed by atoms with Crippen molar-refractivity contribution in [3.8, 4) is 5.75 Å². The molecule has 0 saturated carbocycles. The summed E-state index contributed by atoms with van der Waals surface area (Å²) in [7, 11) is 1.03. The average Bonchev–Trinajstić information content (AvgIpc) is 2.29. The zero-order valence-electron chi connectivity index (χ0n) is 9.05. The maximum atomic E-state index is 12.3. The number of esters is 1. The largest absolute Gasteiger partial charge is 0.573 e. The monoisotopic (exact) mass is 376 g/mol. The summed E-state index contributed by atoms with van der Waals surface area (Å²) in [5.41, 5.74) is 5.13. The SMILES string of the molecule is COC(=O)c1ncc(CN)c(I)c1OC(F)(F)F. The van der Waals surface area contributed by atoms with Crippen LogP contribution in [0.2, 0.25) is 0 Å². The van der Waals surface area contributed by atoms with Gasteiger partial charge >= 0.3 is 12.3 Å². The van der Waals surface area contributed by atoms with Crippen molar-refractivity contribution >= 4 is 28.6 Å². The maximum absolute atomic E-state index is 12.3. The molecule has 1 aromatic heterocycles. The molecule has 0 unspecified atom stereocenters. The number of rotatable bonds is 3. The number of nitrogens with zero attached hydrogens (tertiary/aromatic N) is 1. The highest BCUT2D eigenvalue weighted by Crippen LogP contribution is 2.32. The van der Waals surface area contributed by atoms with Gasteiger partial charge in [0.2, 0.25) is 0 Å². The molecule has 0 fully saturated rings. The molecule has 100 valence electrons. The maximum Gasteiger partial charge on any atom is 0.573 e. The van der Waals surface area contributed by atoms with Crippen LogP contribution in [0, 0.1) is 3.57 Å². The second kappa shape index (κ2) is 5.69. The van der Waals surface area contributed by atoms with Gasteiger partial charge in [0.15, 0.2) is 11.4 Å². The van der Waals surface area contributed by atoms with E-state index in [1.807, 2.05) is 0 Å². The molecule has 0 bridgehead atoms. The van der Waals surface area contributed by atoms with Crippen LogP contribution in [-0.2, 0) is 11.3 Å². The van der Waals surface area contributed by atoms with E-state index in [1.54, 1.807) is 22.6 Å². The summed E-state index contributed by atoms with van der Waals surface area (Å²) in [5.74, 6) is -1.71. The molecule has 0 amide bonds. The molecule has 0 aliphatic heterocycles. The first-order valence-corrected chi connectivity index (χ1v) is 5.59. The van der Waals surface area contributed by atoms with Gasteiger partial charge in [-0.1, -0.05) is 0 Å². The molecule has 9 heteroatoms. The van der Waals surface area contributed by atoms with Gasteiger partial charge in [-0.2, -0.15) is 0 Å². The van der Waals surface area contributed by atoms with Gasteiger partial charge in [0.25, 0.3) is 0 Å². The number of hydrogen-bond donors (Lipinski definition) is 1. The van der Waals surface area contributed by atoms with Crippen LogP contribution >= 0.6 is 22.6 Å². The molecule has 1 heterocycles. The molecular formula is C9H8F3IN2O3. The van der Waals surface area contributed by atoms with E-state index in [0.717, 1.165) is 7.11 Å². The number of halogens is 4. The Kier molecular flexibility index (Phi) is 4.73. The number of ether oxygens (including phenoxy) is 2. The summed E-state index contributed by atoms with van der Waals surface area (Å²) in [6.07, 6.45) is -3.73. The fraction of sp³-hybridized carbons (Fsp3) is 0.333. The predicted molar refractivity (Wildman–Crippen MR) is 62.9 cm³/mol. The molecule has 0 aliphatic rings. The van der Waals surface area contributed by atoms with E-state index in [2.05, 4.69) is 14.5 Å². The third kappa shape index (κ3) is 3.45. The third-order valence-corrected chi connectivity index (χ3v) is 3.04. The van der Waals surface area contributed by atoms with Crippen LogP contribution in [0.4, 0.5) is 13.2 Å². The van der Waals surface area contributed by atoms with Crippen molar-refractivity contribution in [3.05, 3.63) is 21.0 Å². The zero-order valence-corrected chi connectivity index (χ0v) is 11.2. The minimum absolute atomic E-state index is 0.0268. The predicted octanol–water partition coefficient (Wildman–Crippen LogP) is 1.83. The van der Waals surface area contributed by atoms with Crippen LogP contribution in [0.15, 0.2) is 6.20 Å². The average molecular weight is 376 g/mol. The smallest absolute Gasteiger partial charge is 0.464 e. The lowest BCUT2D eigenvalue weighted by Crippen LogP contribution is -2.22. The Hall–Kier alpha value is -1.10. The highest BCUT2D eigenvalue weighted by Gasteiger charge is 2.35.